The van der Waals surface area contributed by atoms with Crippen molar-refractivity contribution >= 4 is 45.5 Å². The molecule has 1 heterocycles. The minimum atomic E-state index is -0.323. The van der Waals surface area contributed by atoms with Gasteiger partial charge in [0.1, 0.15) is 5.00 Å². The molecule has 0 spiro atoms. The average Bonchev–Trinajstić information content (AvgIpc) is 2.83. The minimum Gasteiger partial charge on any atom is -0.462 e. The molecule has 24 heavy (non-hydrogen) atoms. The molecule has 1 aromatic heterocycles. The normalized spacial score (nSPS) is 13.3. The molecule has 5 nitrogen and oxygen atoms in total. The maximum absolute atomic E-state index is 12.4. The number of rotatable bonds is 5. The van der Waals surface area contributed by atoms with Crippen molar-refractivity contribution < 1.29 is 14.3 Å². The Hall–Kier alpha value is -1.47. The van der Waals surface area contributed by atoms with Crippen LogP contribution in [0.2, 0.25) is 0 Å². The van der Waals surface area contributed by atoms with E-state index < -0.39 is 0 Å². The van der Waals surface area contributed by atoms with Crippen LogP contribution in [0.25, 0.3) is 0 Å². The van der Waals surface area contributed by atoms with Crippen molar-refractivity contribution in [3.8, 4) is 0 Å². The van der Waals surface area contributed by atoms with Crippen LogP contribution in [-0.2, 0) is 22.4 Å². The van der Waals surface area contributed by atoms with Gasteiger partial charge in [0.25, 0.3) is 0 Å². The number of fused-ring (bicyclic) bond motifs is 1. The molecule has 0 unspecified atom stereocenters. The lowest BCUT2D eigenvalue weighted by Gasteiger charge is -2.13. The van der Waals surface area contributed by atoms with Gasteiger partial charge in [-0.3, -0.25) is 4.79 Å². The molecule has 0 aliphatic heterocycles. The van der Waals surface area contributed by atoms with Crippen molar-refractivity contribution in [3.05, 3.63) is 16.0 Å². The summed E-state index contributed by atoms with van der Waals surface area (Å²) in [7, 11) is 0. The van der Waals surface area contributed by atoms with Crippen molar-refractivity contribution in [2.75, 3.05) is 11.9 Å². The van der Waals surface area contributed by atoms with Crippen molar-refractivity contribution in [2.24, 2.45) is 5.92 Å². The predicted octanol–water partition coefficient (Wildman–Crippen LogP) is 3.66. The van der Waals surface area contributed by atoms with Gasteiger partial charge in [0.2, 0.25) is 5.91 Å². The molecule has 132 valence electrons. The van der Waals surface area contributed by atoms with E-state index in [2.05, 4.69) is 10.6 Å². The summed E-state index contributed by atoms with van der Waals surface area (Å²) in [5.41, 5.74) is 1.65. The van der Waals surface area contributed by atoms with Gasteiger partial charge in [-0.1, -0.05) is 13.8 Å². The van der Waals surface area contributed by atoms with Crippen LogP contribution < -0.4 is 10.6 Å². The number of hydrogen-bond acceptors (Lipinski definition) is 5. The van der Waals surface area contributed by atoms with E-state index in [1.54, 1.807) is 6.92 Å². The first kappa shape index (κ1) is 18.9. The first-order valence-corrected chi connectivity index (χ1v) is 9.57. The van der Waals surface area contributed by atoms with Gasteiger partial charge in [0.05, 0.1) is 12.2 Å². The molecule has 1 aliphatic rings. The lowest BCUT2D eigenvalue weighted by molar-refractivity contribution is -0.120. The Bertz CT molecular complexity index is 638. The fraction of sp³-hybridized carbons (Fsp3) is 0.588. The van der Waals surface area contributed by atoms with Crippen LogP contribution in [0.1, 0.15) is 60.8 Å². The summed E-state index contributed by atoms with van der Waals surface area (Å²) >= 11 is 6.76. The van der Waals surface area contributed by atoms with Gasteiger partial charge in [0, 0.05) is 11.3 Å². The van der Waals surface area contributed by atoms with E-state index in [1.807, 2.05) is 13.8 Å². The summed E-state index contributed by atoms with van der Waals surface area (Å²) in [5.74, 6) is -0.186. The van der Waals surface area contributed by atoms with Crippen molar-refractivity contribution in [2.45, 2.75) is 52.9 Å². The molecule has 2 rings (SSSR count). The highest BCUT2D eigenvalue weighted by Gasteiger charge is 2.26. The second-order valence-corrected chi connectivity index (χ2v) is 7.75. The molecular weight excluding hydrogens is 344 g/mol. The second-order valence-electron chi connectivity index (χ2n) is 6.24. The third kappa shape index (κ3) is 4.77. The molecule has 7 heteroatoms. The van der Waals surface area contributed by atoms with Crippen LogP contribution in [0.3, 0.4) is 0 Å². The summed E-state index contributed by atoms with van der Waals surface area (Å²) in [6, 6.07) is 0. The number of aryl methyl sites for hydroxylation is 1. The zero-order valence-corrected chi connectivity index (χ0v) is 16.0. The fourth-order valence-corrected chi connectivity index (χ4v) is 4.32. The van der Waals surface area contributed by atoms with E-state index in [-0.39, 0.29) is 22.9 Å². The summed E-state index contributed by atoms with van der Waals surface area (Å²) < 4.78 is 5.21. The molecule has 0 aromatic carbocycles. The Labute approximate surface area is 152 Å². The molecule has 0 radical (unpaired) electrons. The lowest BCUT2D eigenvalue weighted by Crippen LogP contribution is -2.34. The van der Waals surface area contributed by atoms with Gasteiger partial charge in [-0.05, 0) is 56.3 Å². The Kier molecular flexibility index (Phi) is 6.74. The molecule has 1 amide bonds. The highest BCUT2D eigenvalue weighted by molar-refractivity contribution is 7.80. The molecule has 1 aromatic rings. The van der Waals surface area contributed by atoms with Gasteiger partial charge < -0.3 is 15.4 Å². The van der Waals surface area contributed by atoms with Crippen LogP contribution >= 0.6 is 23.6 Å². The predicted molar refractivity (Wildman–Crippen MR) is 101 cm³/mol. The largest absolute Gasteiger partial charge is 0.462 e. The topological polar surface area (TPSA) is 67.4 Å². The quantitative estimate of drug-likeness (QED) is 0.613. The van der Waals surface area contributed by atoms with Crippen molar-refractivity contribution in [3.63, 3.8) is 0 Å². The number of carbonyl (C=O) groups is 2. The third-order valence-corrected chi connectivity index (χ3v) is 5.14. The van der Waals surface area contributed by atoms with E-state index in [4.69, 9.17) is 17.0 Å². The van der Waals surface area contributed by atoms with E-state index in [0.717, 1.165) is 31.2 Å². The number of nitrogens with one attached hydrogen (secondary N) is 2. The maximum Gasteiger partial charge on any atom is 0.341 e. The van der Waals surface area contributed by atoms with E-state index >= 15 is 0 Å². The van der Waals surface area contributed by atoms with E-state index in [9.17, 15) is 9.59 Å². The first-order chi connectivity index (χ1) is 11.4. The van der Waals surface area contributed by atoms with E-state index in [0.29, 0.717) is 23.6 Å². The minimum absolute atomic E-state index is 0.124. The fourth-order valence-electron chi connectivity index (χ4n) is 2.76. The van der Waals surface area contributed by atoms with E-state index in [1.165, 1.54) is 16.2 Å². The molecule has 1 aliphatic carbocycles. The maximum atomic E-state index is 12.4. The standard InChI is InChI=1S/C17H24N2O3S2/c1-4-22-16(21)14-11-7-5-6-8-12(11)24-15(14)19-17(23)18-13(20)9-10(2)3/h10H,4-9H2,1-3H3,(H2,18,19,20,23). The highest BCUT2D eigenvalue weighted by Crippen LogP contribution is 2.38. The lowest BCUT2D eigenvalue weighted by atomic mass is 9.95. The smallest absolute Gasteiger partial charge is 0.341 e. The summed E-state index contributed by atoms with van der Waals surface area (Å²) in [6.45, 7) is 6.07. The number of carbonyl (C=O) groups excluding carboxylic acids is 2. The molecule has 0 fully saturated rings. The number of ether oxygens (including phenoxy) is 1. The molecule has 0 saturated carbocycles. The number of anilines is 1. The number of thiocarbonyl (C=S) groups is 1. The van der Waals surface area contributed by atoms with Crippen LogP contribution in [-0.4, -0.2) is 23.6 Å². The second kappa shape index (κ2) is 8.58. The van der Waals surface area contributed by atoms with Gasteiger partial charge >= 0.3 is 5.97 Å². The van der Waals surface area contributed by atoms with Crippen LogP contribution in [0.4, 0.5) is 5.00 Å². The average molecular weight is 369 g/mol. The van der Waals surface area contributed by atoms with Gasteiger partial charge in [-0.2, -0.15) is 0 Å². The zero-order chi connectivity index (χ0) is 17.7. The van der Waals surface area contributed by atoms with Crippen molar-refractivity contribution in [1.82, 2.24) is 5.32 Å². The number of esters is 1. The zero-order valence-electron chi connectivity index (χ0n) is 14.4. The first-order valence-electron chi connectivity index (χ1n) is 8.34. The van der Waals surface area contributed by atoms with Crippen molar-refractivity contribution in [1.29, 1.82) is 0 Å². The SMILES string of the molecule is CCOC(=O)c1c(NC(=S)NC(=O)CC(C)C)sc2c1CCCC2. The number of amides is 1. The van der Waals surface area contributed by atoms with Gasteiger partial charge in [-0.25, -0.2) is 4.79 Å². The highest BCUT2D eigenvalue weighted by atomic mass is 32.1. The molecule has 0 atom stereocenters. The number of thiophene rings is 1. The molecule has 2 N–H and O–H groups in total. The van der Waals surface area contributed by atoms with Gasteiger partial charge in [-0.15, -0.1) is 11.3 Å². The Balaban J connectivity index is 2.17. The summed E-state index contributed by atoms with van der Waals surface area (Å²) in [4.78, 5) is 25.4. The molecular formula is C17H24N2O3S2. The summed E-state index contributed by atoms with van der Waals surface area (Å²) in [6.07, 6.45) is 4.47. The summed E-state index contributed by atoms with van der Waals surface area (Å²) in [5, 5.41) is 6.61. The Morgan fingerprint density at radius 3 is 2.67 bits per heavy atom. The molecule has 0 bridgehead atoms. The third-order valence-electron chi connectivity index (χ3n) is 3.72. The van der Waals surface area contributed by atoms with Crippen LogP contribution in [0.15, 0.2) is 0 Å². The van der Waals surface area contributed by atoms with Gasteiger partial charge in [0.15, 0.2) is 5.11 Å². The number of hydrogen-bond donors (Lipinski definition) is 2. The van der Waals surface area contributed by atoms with Crippen LogP contribution in [0, 0.1) is 5.92 Å². The molecule has 0 saturated heterocycles. The van der Waals surface area contributed by atoms with Crippen LogP contribution in [0.5, 0.6) is 0 Å². The Morgan fingerprint density at radius 2 is 2.00 bits per heavy atom. The monoisotopic (exact) mass is 368 g/mol. The Morgan fingerprint density at radius 1 is 1.29 bits per heavy atom.